The van der Waals surface area contributed by atoms with Crippen LogP contribution in [0.5, 0.6) is 0 Å². The van der Waals surface area contributed by atoms with E-state index in [0.717, 1.165) is 25.9 Å². The summed E-state index contributed by atoms with van der Waals surface area (Å²) in [5.74, 6) is 3.01. The fourth-order valence-electron chi connectivity index (χ4n) is 2.75. The number of thioether (sulfide) groups is 1. The second-order valence-electron chi connectivity index (χ2n) is 6.05. The minimum atomic E-state index is -0.707. The zero-order chi connectivity index (χ0) is 16.3. The van der Waals surface area contributed by atoms with Crippen molar-refractivity contribution in [1.82, 2.24) is 0 Å². The Hall–Kier alpha value is -1.26. The number of hydrogen-bond donors (Lipinski definition) is 1. The maximum Gasteiger partial charge on any atom is 0.303 e. The van der Waals surface area contributed by atoms with Gasteiger partial charge >= 0.3 is 5.97 Å². The second kappa shape index (κ2) is 10.5. The summed E-state index contributed by atoms with van der Waals surface area (Å²) in [6.45, 7) is 1.53. The smallest absolute Gasteiger partial charge is 0.303 e. The molecule has 1 saturated heterocycles. The van der Waals surface area contributed by atoms with Crippen LogP contribution in [0.4, 0.5) is 0 Å². The highest BCUT2D eigenvalue weighted by Crippen LogP contribution is 2.33. The van der Waals surface area contributed by atoms with Crippen LogP contribution in [0.15, 0.2) is 42.5 Å². The van der Waals surface area contributed by atoms with E-state index in [1.54, 1.807) is 0 Å². The van der Waals surface area contributed by atoms with Gasteiger partial charge in [0, 0.05) is 6.42 Å². The standard InChI is InChI=1S/C19H26O3S/c20-19(21)11-7-2-1-6-10-17-14-23-15-18(17)13-22-12-16-8-4-3-5-9-16/h1,3-6,8-9,17-18H,2,7,10-15H2,(H,20,21)/t17-,18+/m0/s1. The van der Waals surface area contributed by atoms with E-state index in [-0.39, 0.29) is 6.42 Å². The van der Waals surface area contributed by atoms with Crippen LogP contribution in [-0.2, 0) is 16.1 Å². The predicted octanol–water partition coefficient (Wildman–Crippen LogP) is 4.38. The summed E-state index contributed by atoms with van der Waals surface area (Å²) >= 11 is 2.02. The van der Waals surface area contributed by atoms with Gasteiger partial charge in [-0.15, -0.1) is 0 Å². The fourth-order valence-corrected chi connectivity index (χ4v) is 4.27. The third-order valence-corrected chi connectivity index (χ3v) is 5.47. The molecule has 0 aromatic heterocycles. The van der Waals surface area contributed by atoms with Crippen molar-refractivity contribution in [1.29, 1.82) is 0 Å². The summed E-state index contributed by atoms with van der Waals surface area (Å²) in [6.07, 6.45) is 7.30. The highest BCUT2D eigenvalue weighted by Gasteiger charge is 2.26. The van der Waals surface area contributed by atoms with Crippen molar-refractivity contribution in [2.75, 3.05) is 18.1 Å². The molecule has 3 nitrogen and oxygen atoms in total. The van der Waals surface area contributed by atoms with E-state index < -0.39 is 5.97 Å². The Bertz CT molecular complexity index is 487. The van der Waals surface area contributed by atoms with E-state index in [1.165, 1.54) is 17.1 Å². The van der Waals surface area contributed by atoms with Gasteiger partial charge in [-0.3, -0.25) is 4.79 Å². The first-order valence-corrected chi connectivity index (χ1v) is 9.47. The van der Waals surface area contributed by atoms with E-state index in [0.29, 0.717) is 18.4 Å². The molecule has 1 aromatic rings. The fraction of sp³-hybridized carbons (Fsp3) is 0.526. The van der Waals surface area contributed by atoms with Gasteiger partial charge in [0.1, 0.15) is 0 Å². The largest absolute Gasteiger partial charge is 0.481 e. The van der Waals surface area contributed by atoms with Gasteiger partial charge in [0.05, 0.1) is 13.2 Å². The van der Waals surface area contributed by atoms with Crippen molar-refractivity contribution < 1.29 is 14.6 Å². The lowest BCUT2D eigenvalue weighted by Crippen LogP contribution is -2.18. The van der Waals surface area contributed by atoms with E-state index >= 15 is 0 Å². The summed E-state index contributed by atoms with van der Waals surface area (Å²) in [7, 11) is 0. The highest BCUT2D eigenvalue weighted by molar-refractivity contribution is 7.99. The lowest BCUT2D eigenvalue weighted by atomic mass is 9.93. The van der Waals surface area contributed by atoms with E-state index in [4.69, 9.17) is 9.84 Å². The summed E-state index contributed by atoms with van der Waals surface area (Å²) < 4.78 is 5.90. The third-order valence-electron chi connectivity index (χ3n) is 4.14. The minimum absolute atomic E-state index is 0.263. The van der Waals surface area contributed by atoms with Crippen LogP contribution >= 0.6 is 11.8 Å². The molecule has 126 valence electrons. The zero-order valence-electron chi connectivity index (χ0n) is 13.5. The maximum absolute atomic E-state index is 10.4. The Morgan fingerprint density at radius 1 is 1.22 bits per heavy atom. The first kappa shape index (κ1) is 18.1. The van der Waals surface area contributed by atoms with Crippen molar-refractivity contribution in [3.05, 3.63) is 48.0 Å². The SMILES string of the molecule is O=C(O)CCCC=CC[C@H]1CSC[C@H]1COCc1ccccc1. The molecule has 0 unspecified atom stereocenters. The average Bonchev–Trinajstić information content (AvgIpc) is 2.99. The van der Waals surface area contributed by atoms with Crippen LogP contribution in [0.2, 0.25) is 0 Å². The quantitative estimate of drug-likeness (QED) is 0.509. The molecule has 0 saturated carbocycles. The Labute approximate surface area is 143 Å². The van der Waals surface area contributed by atoms with Crippen molar-refractivity contribution in [3.63, 3.8) is 0 Å². The summed E-state index contributed by atoms with van der Waals surface area (Å²) in [4.78, 5) is 10.4. The Morgan fingerprint density at radius 2 is 2.00 bits per heavy atom. The minimum Gasteiger partial charge on any atom is -0.481 e. The number of carboxylic acids is 1. The molecule has 0 radical (unpaired) electrons. The van der Waals surface area contributed by atoms with Crippen molar-refractivity contribution in [2.45, 2.75) is 32.3 Å². The molecule has 1 heterocycles. The van der Waals surface area contributed by atoms with Crippen LogP contribution < -0.4 is 0 Å². The van der Waals surface area contributed by atoms with Gasteiger partial charge in [-0.25, -0.2) is 0 Å². The van der Waals surface area contributed by atoms with Crippen molar-refractivity contribution in [3.8, 4) is 0 Å². The molecule has 0 bridgehead atoms. The van der Waals surface area contributed by atoms with Gasteiger partial charge < -0.3 is 9.84 Å². The molecule has 23 heavy (non-hydrogen) atoms. The molecule has 0 amide bonds. The summed E-state index contributed by atoms with van der Waals surface area (Å²) in [6, 6.07) is 10.3. The van der Waals surface area contributed by atoms with Crippen LogP contribution in [0.3, 0.4) is 0 Å². The maximum atomic E-state index is 10.4. The molecule has 0 aliphatic carbocycles. The highest BCUT2D eigenvalue weighted by atomic mass is 32.2. The lowest BCUT2D eigenvalue weighted by molar-refractivity contribution is -0.137. The van der Waals surface area contributed by atoms with Gasteiger partial charge in [0.15, 0.2) is 0 Å². The Kier molecular flexibility index (Phi) is 8.26. The molecule has 1 aliphatic rings. The number of unbranched alkanes of at least 4 members (excludes halogenated alkanes) is 1. The van der Waals surface area contributed by atoms with Gasteiger partial charge in [0.2, 0.25) is 0 Å². The van der Waals surface area contributed by atoms with Gasteiger partial charge in [0.25, 0.3) is 0 Å². The van der Waals surface area contributed by atoms with Crippen LogP contribution in [0, 0.1) is 11.8 Å². The van der Waals surface area contributed by atoms with E-state index in [2.05, 4.69) is 24.3 Å². The number of ether oxygens (including phenoxy) is 1. The molecular weight excluding hydrogens is 308 g/mol. The number of rotatable bonds is 10. The van der Waals surface area contributed by atoms with E-state index in [9.17, 15) is 4.79 Å². The van der Waals surface area contributed by atoms with Gasteiger partial charge in [-0.2, -0.15) is 11.8 Å². The number of aliphatic carboxylic acids is 1. The normalized spacial score (nSPS) is 21.0. The van der Waals surface area contributed by atoms with Crippen molar-refractivity contribution in [2.24, 2.45) is 11.8 Å². The average molecular weight is 334 g/mol. The first-order chi connectivity index (χ1) is 11.3. The third kappa shape index (κ3) is 7.23. The number of benzene rings is 1. The Morgan fingerprint density at radius 3 is 2.78 bits per heavy atom. The monoisotopic (exact) mass is 334 g/mol. The van der Waals surface area contributed by atoms with Gasteiger partial charge in [-0.05, 0) is 48.2 Å². The number of hydrogen-bond acceptors (Lipinski definition) is 3. The molecule has 1 fully saturated rings. The molecule has 1 aromatic carbocycles. The summed E-state index contributed by atoms with van der Waals surface area (Å²) in [5, 5.41) is 8.60. The molecular formula is C19H26O3S. The van der Waals surface area contributed by atoms with Crippen LogP contribution in [0.25, 0.3) is 0 Å². The molecule has 1 aliphatic heterocycles. The molecule has 1 N–H and O–H groups in total. The van der Waals surface area contributed by atoms with E-state index in [1.807, 2.05) is 30.0 Å². The lowest BCUT2D eigenvalue weighted by Gasteiger charge is -2.17. The van der Waals surface area contributed by atoms with Crippen molar-refractivity contribution >= 4 is 17.7 Å². The number of carboxylic acid groups (broad SMARTS) is 1. The number of allylic oxidation sites excluding steroid dienone is 2. The van der Waals surface area contributed by atoms with Crippen LogP contribution in [-0.4, -0.2) is 29.2 Å². The van der Waals surface area contributed by atoms with Gasteiger partial charge in [-0.1, -0.05) is 42.5 Å². The first-order valence-electron chi connectivity index (χ1n) is 8.32. The van der Waals surface area contributed by atoms with Crippen LogP contribution in [0.1, 0.15) is 31.2 Å². The zero-order valence-corrected chi connectivity index (χ0v) is 14.3. The predicted molar refractivity (Wildman–Crippen MR) is 95.6 cm³/mol. The second-order valence-corrected chi connectivity index (χ2v) is 7.13. The molecule has 2 rings (SSSR count). The molecule has 2 atom stereocenters. The summed E-state index contributed by atoms with van der Waals surface area (Å²) in [5.41, 5.74) is 1.23. The molecule has 4 heteroatoms. The Balaban J connectivity index is 1.62. The topological polar surface area (TPSA) is 46.5 Å². The number of carbonyl (C=O) groups is 1. The molecule has 0 spiro atoms.